The summed E-state index contributed by atoms with van der Waals surface area (Å²) in [6.07, 6.45) is 7.58. The molecule has 5 nitrogen and oxygen atoms in total. The van der Waals surface area contributed by atoms with Gasteiger partial charge in [0.2, 0.25) is 0 Å². The Balaban J connectivity index is 1.54. The summed E-state index contributed by atoms with van der Waals surface area (Å²) in [5.74, 6) is 3.51. The molecule has 0 aliphatic heterocycles. The third kappa shape index (κ3) is 4.65. The summed E-state index contributed by atoms with van der Waals surface area (Å²) in [6.45, 7) is 18.0. The standard InChI is InChI=1S/C29H25O5.3C4H9.Sn/c1-13-9-19-26(33-13)24-27(34-19)21-17(29(24,4)5)11-18(31-6)23-20(21)14(12-30)10-16-22(23)25-15(7-8-32-25)28(16,2)3;3*1-3-4-2;/h7,9-11,30H,12H2,1-6H3;3*1,3-4H2,2H3;. The van der Waals surface area contributed by atoms with Crippen molar-refractivity contribution in [1.82, 2.24) is 0 Å². The van der Waals surface area contributed by atoms with Gasteiger partial charge >= 0.3 is 278 Å². The van der Waals surface area contributed by atoms with Crippen LogP contribution in [0.1, 0.15) is 121 Å². The SMILES string of the molecule is CCC[CH2][Sn]([CH2]CCC)([CH2]CCC)[c]1cc2c(o1)-c1c(cc(CO)c3c4c(cc(OC)c13)C(C)(C)c1c-4oc3cc(C)oc13)C2(C)C. The average molecular weight is 744 g/mol. The fraction of sp³-hybridized carbons (Fsp3) is 0.512. The summed E-state index contributed by atoms with van der Waals surface area (Å²) < 4.78 is 31.9. The molecule has 5 aromatic rings. The van der Waals surface area contributed by atoms with Crippen LogP contribution in [0.4, 0.5) is 0 Å². The van der Waals surface area contributed by atoms with E-state index in [1.165, 1.54) is 66.7 Å². The predicted octanol–water partition coefficient (Wildman–Crippen LogP) is 11.3. The minimum absolute atomic E-state index is 0.0810. The topological polar surface area (TPSA) is 68.9 Å². The van der Waals surface area contributed by atoms with Gasteiger partial charge in [-0.2, -0.15) is 0 Å². The van der Waals surface area contributed by atoms with E-state index in [-0.39, 0.29) is 17.4 Å². The van der Waals surface area contributed by atoms with Crippen LogP contribution in [0.5, 0.6) is 5.75 Å². The van der Waals surface area contributed by atoms with E-state index in [2.05, 4.69) is 66.7 Å². The number of hydrogen-bond donors (Lipinski definition) is 1. The van der Waals surface area contributed by atoms with Crippen LogP contribution in [0.3, 0.4) is 0 Å². The molecule has 2 aliphatic carbocycles. The van der Waals surface area contributed by atoms with Crippen LogP contribution < -0.4 is 8.51 Å². The van der Waals surface area contributed by atoms with Crippen molar-refractivity contribution in [2.24, 2.45) is 0 Å². The number of hydrogen-bond acceptors (Lipinski definition) is 5. The molecular formula is C41H52O5Sn. The molecule has 3 heterocycles. The van der Waals surface area contributed by atoms with Crippen LogP contribution in [0.15, 0.2) is 37.5 Å². The zero-order valence-electron chi connectivity index (χ0n) is 30.0. The molecule has 0 radical (unpaired) electrons. The van der Waals surface area contributed by atoms with E-state index in [0.29, 0.717) is 0 Å². The van der Waals surface area contributed by atoms with Gasteiger partial charge in [0.05, 0.1) is 0 Å². The molecule has 0 saturated heterocycles. The van der Waals surface area contributed by atoms with E-state index in [9.17, 15) is 5.11 Å². The molecule has 1 N–H and O–H groups in total. The summed E-state index contributed by atoms with van der Waals surface area (Å²) in [4.78, 5) is 0. The van der Waals surface area contributed by atoms with Crippen LogP contribution in [0.25, 0.3) is 44.6 Å². The van der Waals surface area contributed by atoms with E-state index in [1.54, 1.807) is 7.11 Å². The molecule has 7 rings (SSSR count). The number of methoxy groups -OCH3 is 1. The van der Waals surface area contributed by atoms with Gasteiger partial charge < -0.3 is 0 Å². The maximum atomic E-state index is 11.0. The summed E-state index contributed by atoms with van der Waals surface area (Å²) in [5.41, 5.74) is 8.69. The van der Waals surface area contributed by atoms with E-state index in [4.69, 9.17) is 18.0 Å². The number of aliphatic hydroxyl groups excluding tert-OH is 1. The fourth-order valence-corrected chi connectivity index (χ4v) is 24.3. The molecule has 0 saturated carbocycles. The van der Waals surface area contributed by atoms with Gasteiger partial charge in [0, 0.05) is 0 Å². The number of benzene rings is 2. The Labute approximate surface area is 283 Å². The first kappa shape index (κ1) is 32.9. The second kappa shape index (κ2) is 11.8. The molecule has 3 aromatic heterocycles. The van der Waals surface area contributed by atoms with Gasteiger partial charge in [0.25, 0.3) is 0 Å². The molecule has 2 aromatic carbocycles. The molecule has 0 amide bonds. The molecular weight excluding hydrogens is 691 g/mol. The van der Waals surface area contributed by atoms with Gasteiger partial charge in [-0.1, -0.05) is 0 Å². The van der Waals surface area contributed by atoms with Gasteiger partial charge in [-0.3, -0.25) is 0 Å². The number of ether oxygens (including phenoxy) is 1. The van der Waals surface area contributed by atoms with Crippen LogP contribution in [0, 0.1) is 6.92 Å². The third-order valence-electron chi connectivity index (χ3n) is 11.7. The van der Waals surface area contributed by atoms with Gasteiger partial charge in [-0.05, 0) is 6.92 Å². The van der Waals surface area contributed by atoms with Crippen molar-refractivity contribution in [2.45, 2.75) is 125 Å². The van der Waals surface area contributed by atoms with Crippen molar-refractivity contribution in [2.75, 3.05) is 7.11 Å². The van der Waals surface area contributed by atoms with E-state index >= 15 is 0 Å². The quantitative estimate of drug-likeness (QED) is 0.129. The summed E-state index contributed by atoms with van der Waals surface area (Å²) in [5, 5.41) is 13.0. The van der Waals surface area contributed by atoms with Crippen molar-refractivity contribution in [3.05, 3.63) is 57.8 Å². The fourth-order valence-electron chi connectivity index (χ4n) is 9.04. The number of fused-ring (bicyclic) bond motifs is 11. The average Bonchev–Trinajstić information content (AvgIpc) is 3.82. The Morgan fingerprint density at radius 2 is 1.34 bits per heavy atom. The van der Waals surface area contributed by atoms with Gasteiger partial charge in [-0.15, -0.1) is 0 Å². The molecule has 0 unspecified atom stereocenters. The number of rotatable bonds is 12. The van der Waals surface area contributed by atoms with Crippen molar-refractivity contribution >= 4 is 44.1 Å². The first-order valence-electron chi connectivity index (χ1n) is 18.0. The molecule has 47 heavy (non-hydrogen) atoms. The predicted molar refractivity (Wildman–Crippen MR) is 195 cm³/mol. The number of furan rings is 3. The Kier molecular flexibility index (Phi) is 8.22. The van der Waals surface area contributed by atoms with Gasteiger partial charge in [0.1, 0.15) is 0 Å². The maximum absolute atomic E-state index is 11.0. The first-order chi connectivity index (χ1) is 22.5. The molecule has 0 fully saturated rings. The first-order valence-corrected chi connectivity index (χ1v) is 25.5. The molecule has 250 valence electrons. The normalized spacial score (nSPS) is 15.8. The summed E-state index contributed by atoms with van der Waals surface area (Å²) >= 11 is -2.86. The molecule has 0 bridgehead atoms. The zero-order chi connectivity index (χ0) is 33.5. The van der Waals surface area contributed by atoms with Gasteiger partial charge in [-0.25, -0.2) is 0 Å². The van der Waals surface area contributed by atoms with Crippen molar-refractivity contribution in [3.8, 4) is 28.4 Å². The molecule has 2 aliphatic rings. The second-order valence-electron chi connectivity index (χ2n) is 15.4. The molecule has 0 atom stereocenters. The van der Waals surface area contributed by atoms with E-state index < -0.39 is 18.4 Å². The van der Waals surface area contributed by atoms with Crippen molar-refractivity contribution in [1.29, 1.82) is 0 Å². The minimum atomic E-state index is -2.86. The van der Waals surface area contributed by atoms with Crippen LogP contribution >= 0.6 is 0 Å². The van der Waals surface area contributed by atoms with Crippen LogP contribution in [-0.4, -0.2) is 30.6 Å². The Hall–Kier alpha value is -2.64. The van der Waals surface area contributed by atoms with E-state index in [0.717, 1.165) is 72.8 Å². The number of unbranched alkanes of at least 4 members (excludes halogenated alkanes) is 3. The Bertz CT molecular complexity index is 1980. The summed E-state index contributed by atoms with van der Waals surface area (Å²) in [6, 6.07) is 8.92. The van der Waals surface area contributed by atoms with Crippen LogP contribution in [-0.2, 0) is 17.4 Å². The number of aliphatic hydroxyl groups is 1. The monoisotopic (exact) mass is 744 g/mol. The molecule has 0 spiro atoms. The number of aryl methyl sites for hydroxylation is 1. The van der Waals surface area contributed by atoms with Crippen molar-refractivity contribution < 1.29 is 23.1 Å². The van der Waals surface area contributed by atoms with E-state index in [1.807, 2.05) is 13.0 Å². The van der Waals surface area contributed by atoms with Crippen molar-refractivity contribution in [3.63, 3.8) is 0 Å². The zero-order valence-corrected chi connectivity index (χ0v) is 32.8. The second-order valence-corrected chi connectivity index (χ2v) is 28.4. The van der Waals surface area contributed by atoms with Crippen LogP contribution in [0.2, 0.25) is 13.3 Å². The molecule has 6 heteroatoms. The Morgan fingerprint density at radius 3 is 1.94 bits per heavy atom. The Morgan fingerprint density at radius 1 is 0.723 bits per heavy atom. The van der Waals surface area contributed by atoms with Gasteiger partial charge in [0.15, 0.2) is 0 Å². The summed E-state index contributed by atoms with van der Waals surface area (Å²) in [7, 11) is 1.77. The third-order valence-corrected chi connectivity index (χ3v) is 26.6.